The molecule has 1 saturated carbocycles. The lowest BCUT2D eigenvalue weighted by molar-refractivity contribution is 0.322. The van der Waals surface area contributed by atoms with Gasteiger partial charge in [-0.2, -0.15) is 0 Å². The maximum absolute atomic E-state index is 5.18. The zero-order valence-electron chi connectivity index (χ0n) is 19.5. The van der Waals surface area contributed by atoms with Gasteiger partial charge >= 0.3 is 0 Å². The number of nitrogens with one attached hydrogen (secondary N) is 3. The molecule has 1 spiro atoms. The van der Waals surface area contributed by atoms with E-state index in [2.05, 4.69) is 45.9 Å². The molecule has 32 heavy (non-hydrogen) atoms. The molecular formula is C25H35N7. The van der Waals surface area contributed by atoms with Crippen molar-refractivity contribution in [2.75, 3.05) is 25.5 Å². The standard InChI is InChI=1S/C25H35N7/c1-4-5-16(2)18-13-28-14-19-22(18)24(31-20-7-10-27-15-25(20)8-9-25)32-23(30-19)17-6-11-29-21(12-17)26-3/h11-14,16-17,20,26-27H,4-10,15H2,1-3H3,(H,30,31,32). The summed E-state index contributed by atoms with van der Waals surface area (Å²) in [7, 11) is 1.90. The molecule has 0 radical (unpaired) electrons. The van der Waals surface area contributed by atoms with Crippen molar-refractivity contribution in [2.24, 2.45) is 10.4 Å². The van der Waals surface area contributed by atoms with Crippen molar-refractivity contribution in [3.8, 4) is 0 Å². The van der Waals surface area contributed by atoms with E-state index < -0.39 is 0 Å². The molecule has 170 valence electrons. The highest BCUT2D eigenvalue weighted by Gasteiger charge is 2.50. The van der Waals surface area contributed by atoms with Crippen molar-refractivity contribution >= 4 is 22.9 Å². The van der Waals surface area contributed by atoms with Gasteiger partial charge in [-0.15, -0.1) is 0 Å². The van der Waals surface area contributed by atoms with Crippen LogP contribution in [0.1, 0.15) is 75.6 Å². The van der Waals surface area contributed by atoms with Crippen LogP contribution in [0.5, 0.6) is 0 Å². The largest absolute Gasteiger partial charge is 0.373 e. The maximum atomic E-state index is 5.18. The molecule has 0 aromatic carbocycles. The van der Waals surface area contributed by atoms with Crippen molar-refractivity contribution in [3.63, 3.8) is 0 Å². The van der Waals surface area contributed by atoms with Crippen molar-refractivity contribution in [1.82, 2.24) is 25.6 Å². The summed E-state index contributed by atoms with van der Waals surface area (Å²) in [5.74, 6) is 3.25. The van der Waals surface area contributed by atoms with Gasteiger partial charge in [0, 0.05) is 48.8 Å². The number of piperidine rings is 1. The van der Waals surface area contributed by atoms with Crippen LogP contribution in [-0.2, 0) is 0 Å². The second-order valence-electron chi connectivity index (χ2n) is 9.72. The molecule has 5 rings (SSSR count). The van der Waals surface area contributed by atoms with Crippen LogP contribution in [-0.4, -0.2) is 47.3 Å². The predicted octanol–water partition coefficient (Wildman–Crippen LogP) is 4.10. The Balaban J connectivity index is 1.60. The number of pyridine rings is 1. The molecule has 0 amide bonds. The lowest BCUT2D eigenvalue weighted by Crippen LogP contribution is -2.45. The maximum Gasteiger partial charge on any atom is 0.138 e. The fourth-order valence-electron chi connectivity index (χ4n) is 5.34. The summed E-state index contributed by atoms with van der Waals surface area (Å²) < 4.78 is 0. The minimum Gasteiger partial charge on any atom is -0.373 e. The molecule has 3 unspecified atom stereocenters. The Morgan fingerprint density at radius 2 is 2.12 bits per heavy atom. The summed E-state index contributed by atoms with van der Waals surface area (Å²) in [6.07, 6.45) is 14.8. The molecule has 2 aromatic rings. The Bertz CT molecular complexity index is 1040. The minimum atomic E-state index is 0.111. The van der Waals surface area contributed by atoms with E-state index >= 15 is 0 Å². The summed E-state index contributed by atoms with van der Waals surface area (Å²) in [5.41, 5.74) is 2.58. The molecule has 2 aliphatic heterocycles. The molecular weight excluding hydrogens is 398 g/mol. The molecule has 7 heteroatoms. The number of anilines is 1. The molecule has 3 aliphatic rings. The molecule has 3 atom stereocenters. The molecule has 1 aliphatic carbocycles. The molecule has 0 bridgehead atoms. The average molecular weight is 434 g/mol. The monoisotopic (exact) mass is 433 g/mol. The number of aliphatic imine (C=N–C) groups is 1. The quantitative estimate of drug-likeness (QED) is 0.609. The molecule has 2 aromatic heterocycles. The number of rotatable bonds is 7. The van der Waals surface area contributed by atoms with Gasteiger partial charge in [-0.25, -0.2) is 15.0 Å². The van der Waals surface area contributed by atoms with Gasteiger partial charge in [-0.1, -0.05) is 20.3 Å². The third kappa shape index (κ3) is 3.98. The van der Waals surface area contributed by atoms with Gasteiger partial charge in [0.2, 0.25) is 0 Å². The lowest BCUT2D eigenvalue weighted by atomic mass is 9.89. The summed E-state index contributed by atoms with van der Waals surface area (Å²) in [6.45, 7) is 6.70. The summed E-state index contributed by atoms with van der Waals surface area (Å²) in [4.78, 5) is 19.2. The van der Waals surface area contributed by atoms with E-state index in [4.69, 9.17) is 9.97 Å². The third-order valence-electron chi connectivity index (χ3n) is 7.47. The van der Waals surface area contributed by atoms with Crippen LogP contribution in [0.4, 0.5) is 5.82 Å². The van der Waals surface area contributed by atoms with Gasteiger partial charge in [0.1, 0.15) is 17.5 Å². The Kier molecular flexibility index (Phi) is 5.84. The zero-order valence-corrected chi connectivity index (χ0v) is 19.5. The van der Waals surface area contributed by atoms with Crippen LogP contribution in [0, 0.1) is 5.41 Å². The zero-order chi connectivity index (χ0) is 22.1. The van der Waals surface area contributed by atoms with E-state index in [9.17, 15) is 0 Å². The second kappa shape index (κ2) is 8.77. The third-order valence-corrected chi connectivity index (χ3v) is 7.47. The Hall–Kier alpha value is -2.54. The van der Waals surface area contributed by atoms with E-state index in [0.717, 1.165) is 67.1 Å². The first-order chi connectivity index (χ1) is 15.6. The summed E-state index contributed by atoms with van der Waals surface area (Å²) in [5, 5.41) is 11.8. The fourth-order valence-corrected chi connectivity index (χ4v) is 5.34. The van der Waals surface area contributed by atoms with Gasteiger partial charge in [-0.05, 0) is 56.2 Å². The Morgan fingerprint density at radius 3 is 2.91 bits per heavy atom. The van der Waals surface area contributed by atoms with Crippen LogP contribution in [0.2, 0.25) is 0 Å². The number of aromatic nitrogens is 3. The van der Waals surface area contributed by atoms with Gasteiger partial charge in [0.15, 0.2) is 0 Å². The van der Waals surface area contributed by atoms with E-state index in [1.54, 1.807) is 0 Å². The summed E-state index contributed by atoms with van der Waals surface area (Å²) in [6, 6.07) is 0.452. The second-order valence-corrected chi connectivity index (χ2v) is 9.72. The van der Waals surface area contributed by atoms with Crippen molar-refractivity contribution in [2.45, 2.75) is 70.3 Å². The highest BCUT2D eigenvalue weighted by molar-refractivity contribution is 5.92. The normalized spacial score (nSPS) is 24.9. The van der Waals surface area contributed by atoms with E-state index in [1.165, 1.54) is 18.4 Å². The highest BCUT2D eigenvalue weighted by atomic mass is 15.1. The number of allylic oxidation sites excluding steroid dienone is 1. The minimum absolute atomic E-state index is 0.111. The van der Waals surface area contributed by atoms with Crippen molar-refractivity contribution in [1.29, 1.82) is 0 Å². The first-order valence-electron chi connectivity index (χ1n) is 12.2. The van der Waals surface area contributed by atoms with Crippen LogP contribution in [0.15, 0.2) is 29.3 Å². The first kappa shape index (κ1) is 21.3. The number of hydrogen-bond acceptors (Lipinski definition) is 7. The highest BCUT2D eigenvalue weighted by Crippen LogP contribution is 2.51. The van der Waals surface area contributed by atoms with Crippen LogP contribution in [0.25, 0.3) is 10.9 Å². The fraction of sp³-hybridized carbons (Fsp3) is 0.600. The van der Waals surface area contributed by atoms with E-state index in [-0.39, 0.29) is 5.92 Å². The van der Waals surface area contributed by atoms with Gasteiger partial charge in [-0.3, -0.25) is 4.98 Å². The van der Waals surface area contributed by atoms with Gasteiger partial charge in [0.25, 0.3) is 0 Å². The predicted molar refractivity (Wildman–Crippen MR) is 130 cm³/mol. The topological polar surface area (TPSA) is 87.1 Å². The lowest BCUT2D eigenvalue weighted by Gasteiger charge is -2.34. The number of nitrogens with zero attached hydrogens (tertiary/aromatic N) is 4. The smallest absolute Gasteiger partial charge is 0.138 e. The molecule has 3 N–H and O–H groups in total. The Labute approximate surface area is 190 Å². The van der Waals surface area contributed by atoms with Crippen LogP contribution in [0.3, 0.4) is 0 Å². The summed E-state index contributed by atoms with van der Waals surface area (Å²) >= 11 is 0. The molecule has 4 heterocycles. The first-order valence-corrected chi connectivity index (χ1v) is 12.2. The average Bonchev–Trinajstić information content (AvgIpc) is 3.60. The Morgan fingerprint density at radius 1 is 1.25 bits per heavy atom. The van der Waals surface area contributed by atoms with E-state index in [0.29, 0.717) is 17.4 Å². The molecule has 1 saturated heterocycles. The SMILES string of the molecule is CCCC(C)c1cncc2nc(C3C=C(NC)N=CC3)nc(NC3CCNCC34CC4)c12. The van der Waals surface area contributed by atoms with Crippen LogP contribution >= 0.6 is 0 Å². The molecule has 7 nitrogen and oxygen atoms in total. The van der Waals surface area contributed by atoms with E-state index in [1.807, 2.05) is 25.7 Å². The molecule has 2 fully saturated rings. The number of fused-ring (bicyclic) bond motifs is 1. The van der Waals surface area contributed by atoms with Gasteiger partial charge in [0.05, 0.1) is 11.7 Å². The van der Waals surface area contributed by atoms with Gasteiger partial charge < -0.3 is 16.0 Å². The van der Waals surface area contributed by atoms with Crippen LogP contribution < -0.4 is 16.0 Å². The van der Waals surface area contributed by atoms with Crippen molar-refractivity contribution in [3.05, 3.63) is 35.7 Å². The number of hydrogen-bond donors (Lipinski definition) is 3. The van der Waals surface area contributed by atoms with Crippen molar-refractivity contribution < 1.29 is 0 Å².